The van der Waals surface area contributed by atoms with Crippen LogP contribution in [-0.4, -0.2) is 25.0 Å². The van der Waals surface area contributed by atoms with Crippen molar-refractivity contribution >= 4 is 5.91 Å². The summed E-state index contributed by atoms with van der Waals surface area (Å²) in [5.74, 6) is 0.0800. The van der Waals surface area contributed by atoms with Crippen molar-refractivity contribution in [3.05, 3.63) is 12.2 Å². The molecule has 76 valence electrons. The molecule has 0 saturated carbocycles. The molecule has 2 N–H and O–H groups in total. The summed E-state index contributed by atoms with van der Waals surface area (Å²) < 4.78 is 0. The van der Waals surface area contributed by atoms with E-state index in [1.165, 1.54) is 0 Å². The van der Waals surface area contributed by atoms with Crippen molar-refractivity contribution in [1.82, 2.24) is 10.6 Å². The van der Waals surface area contributed by atoms with E-state index in [0.717, 1.165) is 12.1 Å². The van der Waals surface area contributed by atoms with Crippen molar-refractivity contribution < 1.29 is 4.79 Å². The number of nitrogens with one attached hydrogen (secondary N) is 2. The number of hydrogen-bond donors (Lipinski definition) is 2. The number of carbonyl (C=O) groups is 1. The third-order valence-electron chi connectivity index (χ3n) is 1.63. The molecule has 0 bridgehead atoms. The van der Waals surface area contributed by atoms with Gasteiger partial charge in [0.25, 0.3) is 0 Å². The highest BCUT2D eigenvalue weighted by molar-refractivity contribution is 5.76. The Morgan fingerprint density at radius 3 is 2.62 bits per heavy atom. The van der Waals surface area contributed by atoms with E-state index in [2.05, 4.69) is 17.2 Å². The van der Waals surface area contributed by atoms with E-state index in [9.17, 15) is 4.79 Å². The first-order valence-corrected chi connectivity index (χ1v) is 4.70. The molecule has 0 rings (SSSR count). The summed E-state index contributed by atoms with van der Waals surface area (Å²) in [7, 11) is 0. The molecule has 3 heteroatoms. The SMILES string of the molecule is C=C(C)CNC(=O)CC(C)NCC. The summed E-state index contributed by atoms with van der Waals surface area (Å²) in [4.78, 5) is 11.2. The van der Waals surface area contributed by atoms with Crippen LogP contribution in [0.5, 0.6) is 0 Å². The quantitative estimate of drug-likeness (QED) is 0.606. The maximum absolute atomic E-state index is 11.2. The largest absolute Gasteiger partial charge is 0.352 e. The van der Waals surface area contributed by atoms with Gasteiger partial charge < -0.3 is 10.6 Å². The summed E-state index contributed by atoms with van der Waals surface area (Å²) in [6.07, 6.45) is 0.529. The van der Waals surface area contributed by atoms with Gasteiger partial charge in [0.15, 0.2) is 0 Å². The Bertz CT molecular complexity index is 178. The van der Waals surface area contributed by atoms with Crippen LogP contribution in [0.4, 0.5) is 0 Å². The van der Waals surface area contributed by atoms with Gasteiger partial charge in [-0.25, -0.2) is 0 Å². The van der Waals surface area contributed by atoms with E-state index in [0.29, 0.717) is 13.0 Å². The second-order valence-corrected chi connectivity index (χ2v) is 3.40. The highest BCUT2D eigenvalue weighted by Crippen LogP contribution is 1.90. The average Bonchev–Trinajstić information content (AvgIpc) is 2.01. The van der Waals surface area contributed by atoms with Gasteiger partial charge in [-0.2, -0.15) is 0 Å². The number of carbonyl (C=O) groups excluding carboxylic acids is 1. The van der Waals surface area contributed by atoms with Gasteiger partial charge in [-0.15, -0.1) is 0 Å². The molecule has 0 saturated heterocycles. The van der Waals surface area contributed by atoms with Crippen molar-refractivity contribution in [3.63, 3.8) is 0 Å². The molecule has 0 aliphatic carbocycles. The minimum atomic E-state index is 0.0800. The summed E-state index contributed by atoms with van der Waals surface area (Å²) in [6, 6.07) is 0.245. The van der Waals surface area contributed by atoms with Crippen LogP contribution in [0, 0.1) is 0 Å². The molecule has 0 radical (unpaired) electrons. The smallest absolute Gasteiger partial charge is 0.221 e. The molecule has 0 aromatic heterocycles. The summed E-state index contributed by atoms with van der Waals surface area (Å²) in [5, 5.41) is 5.97. The third-order valence-corrected chi connectivity index (χ3v) is 1.63. The van der Waals surface area contributed by atoms with E-state index in [4.69, 9.17) is 0 Å². The molecule has 0 aliphatic heterocycles. The maximum Gasteiger partial charge on any atom is 0.221 e. The molecule has 1 amide bonds. The Kier molecular flexibility index (Phi) is 6.24. The van der Waals surface area contributed by atoms with Crippen molar-refractivity contribution in [3.8, 4) is 0 Å². The van der Waals surface area contributed by atoms with E-state index >= 15 is 0 Å². The van der Waals surface area contributed by atoms with Gasteiger partial charge in [-0.3, -0.25) is 4.79 Å². The van der Waals surface area contributed by atoms with Crippen LogP contribution in [-0.2, 0) is 4.79 Å². The first-order chi connectivity index (χ1) is 6.06. The van der Waals surface area contributed by atoms with Crippen LogP contribution >= 0.6 is 0 Å². The third kappa shape index (κ3) is 7.53. The fraction of sp³-hybridized carbons (Fsp3) is 0.700. The fourth-order valence-electron chi connectivity index (χ4n) is 1.02. The lowest BCUT2D eigenvalue weighted by Gasteiger charge is -2.11. The molecule has 0 aliphatic rings. The normalized spacial score (nSPS) is 12.2. The minimum Gasteiger partial charge on any atom is -0.352 e. The zero-order valence-electron chi connectivity index (χ0n) is 8.81. The van der Waals surface area contributed by atoms with Gasteiger partial charge in [-0.05, 0) is 20.4 Å². The Hall–Kier alpha value is -0.830. The lowest BCUT2D eigenvalue weighted by Crippen LogP contribution is -2.34. The van der Waals surface area contributed by atoms with Crippen molar-refractivity contribution in [2.45, 2.75) is 33.2 Å². The zero-order chi connectivity index (χ0) is 10.3. The van der Waals surface area contributed by atoms with Gasteiger partial charge in [0, 0.05) is 19.0 Å². The Morgan fingerprint density at radius 1 is 1.54 bits per heavy atom. The predicted octanol–water partition coefficient (Wildman–Crippen LogP) is 1.07. The van der Waals surface area contributed by atoms with E-state index < -0.39 is 0 Å². The monoisotopic (exact) mass is 184 g/mol. The van der Waals surface area contributed by atoms with Crippen molar-refractivity contribution in [2.75, 3.05) is 13.1 Å². The topological polar surface area (TPSA) is 41.1 Å². The van der Waals surface area contributed by atoms with Gasteiger partial charge in [0.1, 0.15) is 0 Å². The lowest BCUT2D eigenvalue weighted by molar-refractivity contribution is -0.121. The number of hydrogen-bond acceptors (Lipinski definition) is 2. The first kappa shape index (κ1) is 12.2. The lowest BCUT2D eigenvalue weighted by atomic mass is 10.2. The number of rotatable bonds is 6. The zero-order valence-corrected chi connectivity index (χ0v) is 8.81. The van der Waals surface area contributed by atoms with Crippen molar-refractivity contribution in [1.29, 1.82) is 0 Å². The first-order valence-electron chi connectivity index (χ1n) is 4.70. The molecule has 0 aromatic rings. The Balaban J connectivity index is 3.55. The average molecular weight is 184 g/mol. The molecular weight excluding hydrogens is 164 g/mol. The van der Waals surface area contributed by atoms with Crippen LogP contribution in [0.25, 0.3) is 0 Å². The molecule has 0 heterocycles. The van der Waals surface area contributed by atoms with E-state index in [1.807, 2.05) is 20.8 Å². The second-order valence-electron chi connectivity index (χ2n) is 3.40. The standard InChI is InChI=1S/C10H20N2O/c1-5-11-9(4)6-10(13)12-7-8(2)3/h9,11H,2,5-7H2,1,3-4H3,(H,12,13). The summed E-state index contributed by atoms with van der Waals surface area (Å²) in [5.41, 5.74) is 0.976. The van der Waals surface area contributed by atoms with Gasteiger partial charge in [-0.1, -0.05) is 19.1 Å². The molecule has 13 heavy (non-hydrogen) atoms. The molecule has 0 spiro atoms. The number of amides is 1. The maximum atomic E-state index is 11.2. The van der Waals surface area contributed by atoms with Crippen LogP contribution < -0.4 is 10.6 Å². The molecule has 0 aromatic carbocycles. The summed E-state index contributed by atoms with van der Waals surface area (Å²) >= 11 is 0. The minimum absolute atomic E-state index is 0.0800. The van der Waals surface area contributed by atoms with Crippen LogP contribution in [0.3, 0.4) is 0 Å². The van der Waals surface area contributed by atoms with E-state index in [-0.39, 0.29) is 11.9 Å². The summed E-state index contributed by atoms with van der Waals surface area (Å²) in [6.45, 7) is 11.1. The van der Waals surface area contributed by atoms with Crippen LogP contribution in [0.2, 0.25) is 0 Å². The van der Waals surface area contributed by atoms with Crippen LogP contribution in [0.1, 0.15) is 27.2 Å². The molecule has 1 atom stereocenters. The fourth-order valence-corrected chi connectivity index (χ4v) is 1.02. The second kappa shape index (κ2) is 6.66. The van der Waals surface area contributed by atoms with E-state index in [1.54, 1.807) is 0 Å². The molecule has 3 nitrogen and oxygen atoms in total. The van der Waals surface area contributed by atoms with Crippen LogP contribution in [0.15, 0.2) is 12.2 Å². The molecular formula is C10H20N2O. The molecule has 1 unspecified atom stereocenters. The van der Waals surface area contributed by atoms with Gasteiger partial charge >= 0.3 is 0 Å². The Morgan fingerprint density at radius 2 is 2.15 bits per heavy atom. The highest BCUT2D eigenvalue weighted by Gasteiger charge is 2.06. The van der Waals surface area contributed by atoms with Gasteiger partial charge in [0.05, 0.1) is 0 Å². The van der Waals surface area contributed by atoms with Gasteiger partial charge in [0.2, 0.25) is 5.91 Å². The highest BCUT2D eigenvalue weighted by atomic mass is 16.1. The van der Waals surface area contributed by atoms with Crippen molar-refractivity contribution in [2.24, 2.45) is 0 Å². The molecule has 0 fully saturated rings. The Labute approximate surface area is 80.6 Å². The predicted molar refractivity (Wildman–Crippen MR) is 55.6 cm³/mol.